The molecule has 0 saturated carbocycles. The molecule has 0 aliphatic carbocycles. The van der Waals surface area contributed by atoms with Crippen LogP contribution in [0.15, 0.2) is 24.3 Å². The van der Waals surface area contributed by atoms with Crippen LogP contribution in [0.4, 0.5) is 0 Å². The Morgan fingerprint density at radius 3 is 2.07 bits per heavy atom. The van der Waals surface area contributed by atoms with Crippen molar-refractivity contribution in [2.45, 2.75) is 46.8 Å². The first-order chi connectivity index (χ1) is 6.71. The normalized spacial score (nSPS) is 18.9. The Morgan fingerprint density at radius 1 is 1.33 bits per heavy atom. The third kappa shape index (κ3) is 4.46. The highest BCUT2D eigenvalue weighted by molar-refractivity contribution is 7.81. The van der Waals surface area contributed by atoms with Crippen LogP contribution in [-0.4, -0.2) is 5.25 Å². The van der Waals surface area contributed by atoms with E-state index in [9.17, 15) is 0 Å². The van der Waals surface area contributed by atoms with Crippen molar-refractivity contribution in [1.82, 2.24) is 0 Å². The van der Waals surface area contributed by atoms with Gasteiger partial charge in [0, 0.05) is 11.2 Å². The molecule has 0 aromatic rings. The summed E-state index contributed by atoms with van der Waals surface area (Å²) in [5.41, 5.74) is 1.49. The van der Waals surface area contributed by atoms with Crippen LogP contribution >= 0.6 is 12.6 Å². The lowest BCUT2D eigenvalue weighted by atomic mass is 9.75. The zero-order valence-corrected chi connectivity index (χ0v) is 11.9. The van der Waals surface area contributed by atoms with E-state index >= 15 is 0 Å². The fourth-order valence-corrected chi connectivity index (χ4v) is 2.40. The van der Waals surface area contributed by atoms with Gasteiger partial charge in [0.05, 0.1) is 0 Å². The van der Waals surface area contributed by atoms with Crippen LogP contribution in [0.25, 0.3) is 0 Å². The minimum absolute atomic E-state index is 0.293. The van der Waals surface area contributed by atoms with Gasteiger partial charge in [-0.25, -0.2) is 0 Å². The first-order valence-electron chi connectivity index (χ1n) is 5.68. The third-order valence-corrected chi connectivity index (χ3v) is 3.98. The summed E-state index contributed by atoms with van der Waals surface area (Å²) >= 11 is 4.77. The van der Waals surface area contributed by atoms with Crippen molar-refractivity contribution in [2.24, 2.45) is 17.3 Å². The quantitative estimate of drug-likeness (QED) is 0.520. The highest BCUT2D eigenvalue weighted by Gasteiger charge is 2.30. The molecule has 0 bridgehead atoms. The van der Waals surface area contributed by atoms with Crippen molar-refractivity contribution in [3.05, 3.63) is 24.3 Å². The minimum atomic E-state index is 0.293. The molecule has 1 heteroatoms. The molecule has 3 unspecified atom stereocenters. The van der Waals surface area contributed by atoms with Gasteiger partial charge in [-0.3, -0.25) is 0 Å². The van der Waals surface area contributed by atoms with Gasteiger partial charge in [0.25, 0.3) is 0 Å². The lowest BCUT2D eigenvalue weighted by Crippen LogP contribution is -2.31. The van der Waals surface area contributed by atoms with E-state index in [4.69, 9.17) is 12.6 Å². The van der Waals surface area contributed by atoms with E-state index in [0.717, 1.165) is 0 Å². The van der Waals surface area contributed by atoms with Crippen molar-refractivity contribution >= 4 is 12.6 Å². The van der Waals surface area contributed by atoms with Gasteiger partial charge in [-0.1, -0.05) is 52.0 Å². The van der Waals surface area contributed by atoms with Gasteiger partial charge in [-0.05, 0) is 25.2 Å². The van der Waals surface area contributed by atoms with Crippen molar-refractivity contribution in [2.75, 3.05) is 0 Å². The Bertz CT molecular complexity index is 232. The molecule has 0 radical (unpaired) electrons. The Kier molecular flexibility index (Phi) is 5.72. The topological polar surface area (TPSA) is 0 Å². The van der Waals surface area contributed by atoms with Crippen LogP contribution in [0.2, 0.25) is 0 Å². The molecule has 0 rings (SSSR count). The van der Waals surface area contributed by atoms with E-state index in [1.807, 2.05) is 0 Å². The largest absolute Gasteiger partial charge is 0.175 e. The summed E-state index contributed by atoms with van der Waals surface area (Å²) in [5.74, 6) is 0.936. The summed E-state index contributed by atoms with van der Waals surface area (Å²) in [6.07, 6.45) is 4.31. The Labute approximate surface area is 101 Å². The summed E-state index contributed by atoms with van der Waals surface area (Å²) < 4.78 is 0. The molecule has 0 nitrogen and oxygen atoms in total. The maximum atomic E-state index is 4.77. The van der Waals surface area contributed by atoms with Gasteiger partial charge in [0.2, 0.25) is 0 Å². The van der Waals surface area contributed by atoms with E-state index in [0.29, 0.717) is 22.5 Å². The molecule has 0 aliphatic rings. The second kappa shape index (κ2) is 5.79. The molecule has 0 amide bonds. The fraction of sp³-hybridized carbons (Fsp3) is 0.714. The summed E-state index contributed by atoms with van der Waals surface area (Å²) in [6, 6.07) is 0. The molecule has 88 valence electrons. The number of hydrogen-bond donors (Lipinski definition) is 1. The zero-order valence-electron chi connectivity index (χ0n) is 11.0. The van der Waals surface area contributed by atoms with Gasteiger partial charge >= 0.3 is 0 Å². The molecule has 0 heterocycles. The average molecular weight is 226 g/mol. The van der Waals surface area contributed by atoms with Crippen LogP contribution in [0, 0.1) is 17.3 Å². The van der Waals surface area contributed by atoms with Crippen molar-refractivity contribution in [1.29, 1.82) is 0 Å². The Morgan fingerprint density at radius 2 is 1.80 bits per heavy atom. The molecule has 0 aliphatic heterocycles. The molecule has 0 aromatic carbocycles. The van der Waals surface area contributed by atoms with Crippen molar-refractivity contribution in [3.8, 4) is 0 Å². The van der Waals surface area contributed by atoms with Crippen molar-refractivity contribution < 1.29 is 0 Å². The first kappa shape index (κ1) is 14.8. The lowest BCUT2D eigenvalue weighted by Gasteiger charge is -2.35. The van der Waals surface area contributed by atoms with Crippen LogP contribution in [0.3, 0.4) is 0 Å². The van der Waals surface area contributed by atoms with E-state index in [1.165, 1.54) is 5.57 Å². The van der Waals surface area contributed by atoms with E-state index in [2.05, 4.69) is 60.3 Å². The van der Waals surface area contributed by atoms with Crippen LogP contribution in [0.5, 0.6) is 0 Å². The van der Waals surface area contributed by atoms with E-state index in [-0.39, 0.29) is 0 Å². The molecule has 0 saturated heterocycles. The maximum Gasteiger partial charge on any atom is 0.0147 e. The maximum absolute atomic E-state index is 4.77. The minimum Gasteiger partial charge on any atom is -0.175 e. The predicted molar refractivity (Wildman–Crippen MR) is 74.5 cm³/mol. The molecule has 15 heavy (non-hydrogen) atoms. The van der Waals surface area contributed by atoms with Gasteiger partial charge in [0.1, 0.15) is 0 Å². The average Bonchev–Trinajstić information content (AvgIpc) is 2.09. The number of rotatable bonds is 4. The number of thiol groups is 1. The number of hydrogen-bond acceptors (Lipinski definition) is 1. The lowest BCUT2D eigenvalue weighted by molar-refractivity contribution is 0.243. The van der Waals surface area contributed by atoms with E-state index < -0.39 is 0 Å². The highest BCUT2D eigenvalue weighted by atomic mass is 32.1. The fourth-order valence-electron chi connectivity index (χ4n) is 1.60. The van der Waals surface area contributed by atoms with Gasteiger partial charge in [-0.15, -0.1) is 0 Å². The first-order valence-corrected chi connectivity index (χ1v) is 6.19. The molecule has 0 spiro atoms. The highest BCUT2D eigenvalue weighted by Crippen LogP contribution is 2.36. The molecule has 0 fully saturated rings. The second-order valence-corrected chi connectivity index (χ2v) is 6.14. The summed E-state index contributed by atoms with van der Waals surface area (Å²) in [5, 5.41) is 0.346. The van der Waals surface area contributed by atoms with Crippen LogP contribution in [0.1, 0.15) is 41.5 Å². The standard InChI is InChI=1S/C14H26S/c1-8-9-12(10(2)3)13(15)11(4)14(5,6)7/h8-9,11-13,15H,2H2,1,3-7H3/b9-8-. The summed E-state index contributed by atoms with van der Waals surface area (Å²) in [6.45, 7) is 17.3. The molecule has 0 N–H and O–H groups in total. The predicted octanol–water partition coefficient (Wildman–Crippen LogP) is 4.74. The van der Waals surface area contributed by atoms with Gasteiger partial charge in [0.15, 0.2) is 0 Å². The summed E-state index contributed by atoms with van der Waals surface area (Å²) in [7, 11) is 0. The zero-order chi connectivity index (χ0) is 12.2. The SMILES string of the molecule is C=C(C)C(/C=C\C)C(S)C(C)C(C)(C)C. The molecule has 0 aromatic heterocycles. The van der Waals surface area contributed by atoms with E-state index in [1.54, 1.807) is 0 Å². The monoisotopic (exact) mass is 226 g/mol. The number of allylic oxidation sites excluding steroid dienone is 3. The van der Waals surface area contributed by atoms with Crippen LogP contribution in [-0.2, 0) is 0 Å². The second-order valence-electron chi connectivity index (χ2n) is 5.54. The molecule has 3 atom stereocenters. The third-order valence-electron chi connectivity index (χ3n) is 3.22. The van der Waals surface area contributed by atoms with Gasteiger partial charge < -0.3 is 0 Å². The van der Waals surface area contributed by atoms with Crippen LogP contribution < -0.4 is 0 Å². The smallest absolute Gasteiger partial charge is 0.0147 e. The molecular weight excluding hydrogens is 200 g/mol. The van der Waals surface area contributed by atoms with Gasteiger partial charge in [-0.2, -0.15) is 12.6 Å². The summed E-state index contributed by atoms with van der Waals surface area (Å²) in [4.78, 5) is 0. The Balaban J connectivity index is 4.79. The van der Waals surface area contributed by atoms with Crippen molar-refractivity contribution in [3.63, 3.8) is 0 Å². The molecular formula is C14H26S. The Hall–Kier alpha value is -0.170.